The highest BCUT2D eigenvalue weighted by Gasteiger charge is 2.34. The molecule has 118 valence electrons. The van der Waals surface area contributed by atoms with Gasteiger partial charge >= 0.3 is 5.97 Å². The Morgan fingerprint density at radius 1 is 1.48 bits per heavy atom. The first kappa shape index (κ1) is 18.6. The van der Waals surface area contributed by atoms with E-state index in [9.17, 15) is 9.90 Å². The molecule has 0 aromatic heterocycles. The number of thioether (sulfide) groups is 1. The number of hydrogen-bond donors (Lipinski definition) is 2. The predicted octanol–water partition coefficient (Wildman–Crippen LogP) is 4.71. The maximum Gasteiger partial charge on any atom is 0.323 e. The molecular weight excluding hydrogens is 329 g/mol. The topological polar surface area (TPSA) is 49.3 Å². The Morgan fingerprint density at radius 2 is 2.14 bits per heavy atom. The van der Waals surface area contributed by atoms with Crippen molar-refractivity contribution in [3.8, 4) is 0 Å². The van der Waals surface area contributed by atoms with Gasteiger partial charge in [-0.3, -0.25) is 4.79 Å². The molecule has 0 fully saturated rings. The van der Waals surface area contributed by atoms with Crippen LogP contribution in [-0.2, 0) is 4.79 Å². The molecule has 1 rings (SSSR count). The average Bonchev–Trinajstić information content (AvgIpc) is 2.40. The van der Waals surface area contributed by atoms with Crippen molar-refractivity contribution in [1.29, 1.82) is 0 Å². The van der Waals surface area contributed by atoms with Gasteiger partial charge in [-0.1, -0.05) is 37.0 Å². The van der Waals surface area contributed by atoms with Gasteiger partial charge in [-0.2, -0.15) is 0 Å². The Hall–Kier alpha value is -0.420. The summed E-state index contributed by atoms with van der Waals surface area (Å²) >= 11 is 13.7. The van der Waals surface area contributed by atoms with Crippen LogP contribution >= 0.6 is 35.0 Å². The van der Waals surface area contributed by atoms with E-state index in [2.05, 4.69) is 5.32 Å². The lowest BCUT2D eigenvalue weighted by atomic mass is 9.96. The molecule has 0 aliphatic heterocycles. The highest BCUT2D eigenvalue weighted by atomic mass is 35.5. The van der Waals surface area contributed by atoms with Crippen LogP contribution < -0.4 is 5.32 Å². The minimum absolute atomic E-state index is 0.0893. The third-order valence-electron chi connectivity index (χ3n) is 3.15. The summed E-state index contributed by atoms with van der Waals surface area (Å²) in [5.74, 6) is -0.833. The molecule has 6 heteroatoms. The zero-order valence-corrected chi connectivity index (χ0v) is 14.8. The molecule has 2 N–H and O–H groups in total. The highest BCUT2D eigenvalue weighted by Crippen LogP contribution is 2.35. The summed E-state index contributed by atoms with van der Waals surface area (Å²) in [4.78, 5) is 12.4. The molecule has 3 nitrogen and oxygen atoms in total. The molecule has 0 spiro atoms. The number of nitrogens with one attached hydrogen (secondary N) is 1. The van der Waals surface area contributed by atoms with E-state index in [1.54, 1.807) is 30.8 Å². The molecule has 0 saturated carbocycles. The van der Waals surface area contributed by atoms with E-state index in [4.69, 9.17) is 23.2 Å². The lowest BCUT2D eigenvalue weighted by Gasteiger charge is -2.29. The summed E-state index contributed by atoms with van der Waals surface area (Å²) in [6, 6.07) is 5.30. The maximum atomic E-state index is 11.5. The van der Waals surface area contributed by atoms with Crippen LogP contribution in [0, 0.1) is 0 Å². The van der Waals surface area contributed by atoms with E-state index in [0.717, 1.165) is 11.3 Å². The first-order chi connectivity index (χ1) is 9.78. The van der Waals surface area contributed by atoms with Gasteiger partial charge in [0.15, 0.2) is 0 Å². The Labute approximate surface area is 140 Å². The second-order valence-corrected chi connectivity index (χ2v) is 7.60. The summed E-state index contributed by atoms with van der Waals surface area (Å²) in [6.45, 7) is 6.41. The number of carboxylic acid groups (broad SMARTS) is 1. The van der Waals surface area contributed by atoms with Crippen LogP contribution in [0.15, 0.2) is 23.1 Å². The third kappa shape index (κ3) is 5.70. The van der Waals surface area contributed by atoms with Crippen LogP contribution in [0.1, 0.15) is 33.6 Å². The molecule has 1 aromatic carbocycles. The summed E-state index contributed by atoms with van der Waals surface area (Å²) in [5.41, 5.74) is -0.937. The van der Waals surface area contributed by atoms with Crippen molar-refractivity contribution in [3.05, 3.63) is 28.2 Å². The van der Waals surface area contributed by atoms with Crippen LogP contribution in [0.4, 0.5) is 0 Å². The minimum atomic E-state index is -0.937. The summed E-state index contributed by atoms with van der Waals surface area (Å²) in [5, 5.41) is 13.9. The Bertz CT molecular complexity index is 499. The molecule has 0 radical (unpaired) electrons. The van der Waals surface area contributed by atoms with Gasteiger partial charge in [-0.05, 0) is 44.5 Å². The summed E-state index contributed by atoms with van der Waals surface area (Å²) < 4.78 is 0. The van der Waals surface area contributed by atoms with Crippen molar-refractivity contribution in [2.45, 2.75) is 49.3 Å². The van der Waals surface area contributed by atoms with Crippen LogP contribution in [0.3, 0.4) is 0 Å². The zero-order valence-electron chi connectivity index (χ0n) is 12.5. The van der Waals surface area contributed by atoms with Crippen molar-refractivity contribution in [2.24, 2.45) is 0 Å². The van der Waals surface area contributed by atoms with Gasteiger partial charge in [0.25, 0.3) is 0 Å². The van der Waals surface area contributed by atoms with Gasteiger partial charge < -0.3 is 10.4 Å². The second kappa shape index (κ2) is 8.28. The van der Waals surface area contributed by atoms with Crippen molar-refractivity contribution < 1.29 is 9.90 Å². The highest BCUT2D eigenvalue weighted by molar-refractivity contribution is 8.00. The first-order valence-electron chi connectivity index (χ1n) is 6.88. The average molecular weight is 350 g/mol. The fraction of sp³-hybridized carbons (Fsp3) is 0.533. The van der Waals surface area contributed by atoms with Gasteiger partial charge in [0.2, 0.25) is 0 Å². The number of rotatable bonds is 8. The molecule has 0 heterocycles. The number of aliphatic carboxylic acids is 1. The van der Waals surface area contributed by atoms with E-state index in [1.165, 1.54) is 0 Å². The first-order valence-corrected chi connectivity index (χ1v) is 8.52. The minimum Gasteiger partial charge on any atom is -0.480 e. The largest absolute Gasteiger partial charge is 0.480 e. The van der Waals surface area contributed by atoms with Crippen LogP contribution in [0.5, 0.6) is 0 Å². The SMILES string of the molecule is CCCNC(C)(CC(C)Sc1cc(Cl)ccc1Cl)C(=O)O. The lowest BCUT2D eigenvalue weighted by Crippen LogP contribution is -2.51. The quantitative estimate of drug-likeness (QED) is 0.667. The van der Waals surface area contributed by atoms with Crippen molar-refractivity contribution >= 4 is 40.9 Å². The Balaban J connectivity index is 2.76. The van der Waals surface area contributed by atoms with E-state index in [1.807, 2.05) is 19.9 Å². The van der Waals surface area contributed by atoms with Gasteiger partial charge in [-0.25, -0.2) is 0 Å². The lowest BCUT2D eigenvalue weighted by molar-refractivity contribution is -0.144. The van der Waals surface area contributed by atoms with Gasteiger partial charge in [-0.15, -0.1) is 11.8 Å². The number of halogens is 2. The van der Waals surface area contributed by atoms with Crippen molar-refractivity contribution in [1.82, 2.24) is 5.32 Å². The molecule has 0 aliphatic rings. The van der Waals surface area contributed by atoms with E-state index < -0.39 is 11.5 Å². The Kier molecular flexibility index (Phi) is 7.34. The number of carbonyl (C=O) groups is 1. The van der Waals surface area contributed by atoms with Crippen LogP contribution in [0.25, 0.3) is 0 Å². The summed E-state index contributed by atoms with van der Waals surface area (Å²) in [7, 11) is 0. The van der Waals surface area contributed by atoms with Crippen LogP contribution in [0.2, 0.25) is 10.0 Å². The Morgan fingerprint density at radius 3 is 2.71 bits per heavy atom. The molecule has 0 saturated heterocycles. The van der Waals surface area contributed by atoms with E-state index in [-0.39, 0.29) is 5.25 Å². The number of hydrogen-bond acceptors (Lipinski definition) is 3. The van der Waals surface area contributed by atoms with Crippen molar-refractivity contribution in [3.63, 3.8) is 0 Å². The summed E-state index contributed by atoms with van der Waals surface area (Å²) in [6.07, 6.45) is 1.39. The molecule has 0 amide bonds. The molecule has 2 unspecified atom stereocenters. The molecule has 0 bridgehead atoms. The fourth-order valence-corrected chi connectivity index (χ4v) is 3.75. The predicted molar refractivity (Wildman–Crippen MR) is 90.7 cm³/mol. The normalized spacial score (nSPS) is 15.5. The van der Waals surface area contributed by atoms with Gasteiger partial charge in [0.1, 0.15) is 5.54 Å². The molecule has 0 aliphatic carbocycles. The van der Waals surface area contributed by atoms with E-state index in [0.29, 0.717) is 23.0 Å². The smallest absolute Gasteiger partial charge is 0.323 e. The number of carboxylic acids is 1. The number of benzene rings is 1. The maximum absolute atomic E-state index is 11.5. The molecule has 21 heavy (non-hydrogen) atoms. The second-order valence-electron chi connectivity index (χ2n) is 5.27. The molecular formula is C15H21Cl2NO2S. The van der Waals surface area contributed by atoms with Crippen molar-refractivity contribution in [2.75, 3.05) is 6.54 Å². The monoisotopic (exact) mass is 349 g/mol. The molecule has 2 atom stereocenters. The van der Waals surface area contributed by atoms with Gasteiger partial charge in [0, 0.05) is 15.2 Å². The zero-order chi connectivity index (χ0) is 16.0. The van der Waals surface area contributed by atoms with Gasteiger partial charge in [0.05, 0.1) is 5.02 Å². The molecule has 1 aromatic rings. The van der Waals surface area contributed by atoms with Crippen LogP contribution in [-0.4, -0.2) is 28.4 Å². The standard InChI is InChI=1S/C15H21Cl2NO2S/c1-4-7-18-15(3,14(19)20)9-10(2)21-13-8-11(16)5-6-12(13)17/h5-6,8,10,18H,4,7,9H2,1-3H3,(H,19,20). The third-order valence-corrected chi connectivity index (χ3v) is 4.99. The fourth-order valence-electron chi connectivity index (χ4n) is 2.04. The van der Waals surface area contributed by atoms with E-state index >= 15 is 0 Å².